The normalized spacial score (nSPS) is 17.8. The van der Waals surface area contributed by atoms with E-state index in [1.54, 1.807) is 0 Å². The summed E-state index contributed by atoms with van der Waals surface area (Å²) in [4.78, 5) is 0. The van der Waals surface area contributed by atoms with Crippen LogP contribution in [0.1, 0.15) is 36.9 Å². The lowest BCUT2D eigenvalue weighted by Gasteiger charge is -2.25. The lowest BCUT2D eigenvalue weighted by Crippen LogP contribution is -2.34. The molecule has 1 saturated heterocycles. The van der Waals surface area contributed by atoms with Crippen LogP contribution in [0.3, 0.4) is 0 Å². The van der Waals surface area contributed by atoms with Crippen LogP contribution in [0.5, 0.6) is 0 Å². The summed E-state index contributed by atoms with van der Waals surface area (Å²) in [6.45, 7) is 3.08. The van der Waals surface area contributed by atoms with Crippen molar-refractivity contribution in [3.8, 4) is 0 Å². The van der Waals surface area contributed by atoms with E-state index in [2.05, 4.69) is 59.6 Å². The molecular formula is C17H23N3S. The Morgan fingerprint density at radius 3 is 2.81 bits per heavy atom. The van der Waals surface area contributed by atoms with Crippen molar-refractivity contribution in [1.82, 2.24) is 15.1 Å². The highest BCUT2D eigenvalue weighted by molar-refractivity contribution is 7.99. The maximum atomic E-state index is 4.50. The second-order valence-electron chi connectivity index (χ2n) is 5.73. The third-order valence-electron chi connectivity index (χ3n) is 4.05. The standard InChI is InChI=1S/C17H23N3S/c1-14(19-17-7-9-21-10-8-17)16-11-18-20(13-16)12-15-5-3-2-4-6-15/h2-6,11,13-14,17,19H,7-10,12H2,1H3. The summed E-state index contributed by atoms with van der Waals surface area (Å²) in [5, 5.41) is 8.24. The molecule has 1 atom stereocenters. The third kappa shape index (κ3) is 4.11. The van der Waals surface area contributed by atoms with Crippen LogP contribution in [0.2, 0.25) is 0 Å². The quantitative estimate of drug-likeness (QED) is 0.917. The number of nitrogens with one attached hydrogen (secondary N) is 1. The molecule has 3 nitrogen and oxygen atoms in total. The highest BCUT2D eigenvalue weighted by Gasteiger charge is 2.17. The maximum Gasteiger partial charge on any atom is 0.0659 e. The van der Waals surface area contributed by atoms with E-state index in [0.717, 1.165) is 6.54 Å². The van der Waals surface area contributed by atoms with Gasteiger partial charge in [0.05, 0.1) is 12.7 Å². The van der Waals surface area contributed by atoms with Crippen LogP contribution in [-0.4, -0.2) is 27.3 Å². The zero-order valence-corrected chi connectivity index (χ0v) is 13.4. The molecule has 1 aromatic carbocycles. The van der Waals surface area contributed by atoms with Crippen molar-refractivity contribution in [2.24, 2.45) is 0 Å². The Kier molecular flexibility index (Phi) is 4.99. The lowest BCUT2D eigenvalue weighted by molar-refractivity contribution is 0.431. The lowest BCUT2D eigenvalue weighted by atomic mass is 10.1. The third-order valence-corrected chi connectivity index (χ3v) is 5.10. The molecule has 0 radical (unpaired) electrons. The summed E-state index contributed by atoms with van der Waals surface area (Å²) < 4.78 is 2.03. The number of hydrogen-bond acceptors (Lipinski definition) is 3. The predicted molar refractivity (Wildman–Crippen MR) is 89.7 cm³/mol. The fourth-order valence-corrected chi connectivity index (χ4v) is 3.88. The van der Waals surface area contributed by atoms with Gasteiger partial charge >= 0.3 is 0 Å². The molecule has 0 amide bonds. The molecule has 1 fully saturated rings. The van der Waals surface area contributed by atoms with E-state index < -0.39 is 0 Å². The molecule has 0 bridgehead atoms. The van der Waals surface area contributed by atoms with Gasteiger partial charge in [-0.2, -0.15) is 16.9 Å². The van der Waals surface area contributed by atoms with Gasteiger partial charge in [-0.05, 0) is 36.8 Å². The van der Waals surface area contributed by atoms with Gasteiger partial charge in [0, 0.05) is 23.8 Å². The summed E-state index contributed by atoms with van der Waals surface area (Å²) in [6.07, 6.45) is 6.74. The second kappa shape index (κ2) is 7.14. The Hall–Kier alpha value is -1.26. The molecule has 2 heterocycles. The molecule has 3 rings (SSSR count). The molecular weight excluding hydrogens is 278 g/mol. The molecule has 0 aliphatic carbocycles. The number of hydrogen-bond donors (Lipinski definition) is 1. The van der Waals surface area contributed by atoms with E-state index in [9.17, 15) is 0 Å². The first-order valence-electron chi connectivity index (χ1n) is 7.71. The van der Waals surface area contributed by atoms with Gasteiger partial charge in [0.25, 0.3) is 0 Å². The van der Waals surface area contributed by atoms with Gasteiger partial charge in [-0.1, -0.05) is 30.3 Å². The fraction of sp³-hybridized carbons (Fsp3) is 0.471. The number of aromatic nitrogens is 2. The summed E-state index contributed by atoms with van der Waals surface area (Å²) in [6, 6.07) is 11.5. The molecule has 1 N–H and O–H groups in total. The number of thioether (sulfide) groups is 1. The highest BCUT2D eigenvalue weighted by Crippen LogP contribution is 2.20. The van der Waals surface area contributed by atoms with Crippen molar-refractivity contribution >= 4 is 11.8 Å². The van der Waals surface area contributed by atoms with Gasteiger partial charge in [-0.25, -0.2) is 0 Å². The number of rotatable bonds is 5. The molecule has 4 heteroatoms. The monoisotopic (exact) mass is 301 g/mol. The molecule has 1 aliphatic heterocycles. The first-order chi connectivity index (χ1) is 10.3. The smallest absolute Gasteiger partial charge is 0.0659 e. The summed E-state index contributed by atoms with van der Waals surface area (Å²) in [5.74, 6) is 2.58. The first-order valence-corrected chi connectivity index (χ1v) is 8.87. The number of nitrogens with zero attached hydrogens (tertiary/aromatic N) is 2. The van der Waals surface area contributed by atoms with Crippen LogP contribution >= 0.6 is 11.8 Å². The van der Waals surface area contributed by atoms with E-state index in [1.165, 1.54) is 35.5 Å². The minimum atomic E-state index is 0.377. The average Bonchev–Trinajstić information content (AvgIpc) is 2.98. The number of benzene rings is 1. The van der Waals surface area contributed by atoms with Crippen LogP contribution in [-0.2, 0) is 6.54 Å². The summed E-state index contributed by atoms with van der Waals surface area (Å²) >= 11 is 2.07. The van der Waals surface area contributed by atoms with Gasteiger partial charge < -0.3 is 5.32 Å². The van der Waals surface area contributed by atoms with Crippen LogP contribution in [0.15, 0.2) is 42.7 Å². The van der Waals surface area contributed by atoms with Gasteiger partial charge in [-0.15, -0.1) is 0 Å². The van der Waals surface area contributed by atoms with Crippen LogP contribution in [0.4, 0.5) is 0 Å². The zero-order valence-electron chi connectivity index (χ0n) is 12.5. The van der Waals surface area contributed by atoms with E-state index >= 15 is 0 Å². The Labute approximate surface area is 131 Å². The first kappa shape index (κ1) is 14.7. The topological polar surface area (TPSA) is 29.9 Å². The molecule has 2 aromatic rings. The second-order valence-corrected chi connectivity index (χ2v) is 6.96. The van der Waals surface area contributed by atoms with Crippen molar-refractivity contribution in [2.45, 2.75) is 38.4 Å². The Morgan fingerprint density at radius 2 is 2.05 bits per heavy atom. The Balaban J connectivity index is 1.58. The van der Waals surface area contributed by atoms with Crippen molar-refractivity contribution in [2.75, 3.05) is 11.5 Å². The average molecular weight is 301 g/mol. The molecule has 0 saturated carbocycles. The van der Waals surface area contributed by atoms with Crippen LogP contribution in [0, 0.1) is 0 Å². The molecule has 1 aromatic heterocycles. The van der Waals surface area contributed by atoms with Gasteiger partial charge in [0.1, 0.15) is 0 Å². The molecule has 1 aliphatic rings. The minimum absolute atomic E-state index is 0.377. The van der Waals surface area contributed by atoms with Gasteiger partial charge in [0.15, 0.2) is 0 Å². The summed E-state index contributed by atoms with van der Waals surface area (Å²) in [7, 11) is 0. The van der Waals surface area contributed by atoms with Crippen molar-refractivity contribution in [3.63, 3.8) is 0 Å². The largest absolute Gasteiger partial charge is 0.307 e. The van der Waals surface area contributed by atoms with E-state index in [0.29, 0.717) is 12.1 Å². The van der Waals surface area contributed by atoms with E-state index in [1.807, 2.05) is 16.9 Å². The van der Waals surface area contributed by atoms with Crippen LogP contribution in [0.25, 0.3) is 0 Å². The van der Waals surface area contributed by atoms with E-state index in [-0.39, 0.29) is 0 Å². The Morgan fingerprint density at radius 1 is 1.29 bits per heavy atom. The predicted octanol–water partition coefficient (Wildman–Crippen LogP) is 3.48. The molecule has 1 unspecified atom stereocenters. The molecule has 21 heavy (non-hydrogen) atoms. The zero-order chi connectivity index (χ0) is 14.5. The van der Waals surface area contributed by atoms with Gasteiger partial charge in [-0.3, -0.25) is 4.68 Å². The van der Waals surface area contributed by atoms with E-state index in [4.69, 9.17) is 0 Å². The molecule has 0 spiro atoms. The minimum Gasteiger partial charge on any atom is -0.307 e. The van der Waals surface area contributed by atoms with Gasteiger partial charge in [0.2, 0.25) is 0 Å². The van der Waals surface area contributed by atoms with Crippen molar-refractivity contribution in [3.05, 3.63) is 53.9 Å². The highest BCUT2D eigenvalue weighted by atomic mass is 32.2. The van der Waals surface area contributed by atoms with Crippen molar-refractivity contribution in [1.29, 1.82) is 0 Å². The SMILES string of the molecule is CC(NC1CCSCC1)c1cnn(Cc2ccccc2)c1. The van der Waals surface area contributed by atoms with Crippen molar-refractivity contribution < 1.29 is 0 Å². The fourth-order valence-electron chi connectivity index (χ4n) is 2.77. The summed E-state index contributed by atoms with van der Waals surface area (Å²) in [5.41, 5.74) is 2.57. The van der Waals surface area contributed by atoms with Crippen LogP contribution < -0.4 is 5.32 Å². The maximum absolute atomic E-state index is 4.50. The Bertz CT molecular complexity index is 546. The molecule has 112 valence electrons.